The average Bonchev–Trinajstić information content (AvgIpc) is 2.57. The Labute approximate surface area is 149 Å². The molecule has 0 aliphatic heterocycles. The molecule has 0 fully saturated rings. The zero-order chi connectivity index (χ0) is 18.4. The van der Waals surface area contributed by atoms with Gasteiger partial charge in [-0.2, -0.15) is 5.26 Å². The highest BCUT2D eigenvalue weighted by molar-refractivity contribution is 6.07. The molecule has 0 spiro atoms. The van der Waals surface area contributed by atoms with Gasteiger partial charge in [0, 0.05) is 5.69 Å². The molecule has 0 saturated heterocycles. The maximum absolute atomic E-state index is 12.5. The Balaban J connectivity index is 2.30. The van der Waals surface area contributed by atoms with E-state index in [0.29, 0.717) is 5.69 Å². The van der Waals surface area contributed by atoms with Gasteiger partial charge in [-0.05, 0) is 62.2 Å². The molecule has 2 aromatic carbocycles. The standard InChI is InChI=1S/C22H22N2O/c1-15(2)11-19(16(3)4)12-20(14-23)22(25)24-21-10-9-17-7-5-6-8-18(17)13-21/h5-13H,1-4H3,(H,24,25)/b20-12-. The van der Waals surface area contributed by atoms with E-state index in [1.165, 1.54) is 0 Å². The summed E-state index contributed by atoms with van der Waals surface area (Å²) in [7, 11) is 0. The number of carbonyl (C=O) groups is 1. The monoisotopic (exact) mass is 330 g/mol. The second-order valence-electron chi connectivity index (χ2n) is 6.36. The molecule has 2 aromatic rings. The molecule has 0 radical (unpaired) electrons. The maximum Gasteiger partial charge on any atom is 0.266 e. The normalized spacial score (nSPS) is 10.8. The van der Waals surface area contributed by atoms with Crippen LogP contribution in [0.1, 0.15) is 27.7 Å². The third-order valence-electron chi connectivity index (χ3n) is 3.69. The smallest absolute Gasteiger partial charge is 0.266 e. The molecule has 3 nitrogen and oxygen atoms in total. The third-order valence-corrected chi connectivity index (χ3v) is 3.69. The summed E-state index contributed by atoms with van der Waals surface area (Å²) in [6.07, 6.45) is 3.61. The number of fused-ring (bicyclic) bond motifs is 1. The number of nitrogens with zero attached hydrogens (tertiary/aromatic N) is 1. The highest BCUT2D eigenvalue weighted by Crippen LogP contribution is 2.20. The number of hydrogen-bond acceptors (Lipinski definition) is 2. The lowest BCUT2D eigenvalue weighted by molar-refractivity contribution is -0.112. The summed E-state index contributed by atoms with van der Waals surface area (Å²) < 4.78 is 0. The molecule has 1 amide bonds. The number of anilines is 1. The highest BCUT2D eigenvalue weighted by Gasteiger charge is 2.10. The molecule has 0 bridgehead atoms. The molecular formula is C22H22N2O. The molecule has 0 aromatic heterocycles. The minimum absolute atomic E-state index is 0.0851. The van der Waals surface area contributed by atoms with Crippen LogP contribution in [0, 0.1) is 11.3 Å². The van der Waals surface area contributed by atoms with Crippen LogP contribution in [0.3, 0.4) is 0 Å². The first-order chi connectivity index (χ1) is 11.9. The lowest BCUT2D eigenvalue weighted by Gasteiger charge is -2.07. The number of benzene rings is 2. The number of hydrogen-bond donors (Lipinski definition) is 1. The van der Waals surface area contributed by atoms with E-state index in [-0.39, 0.29) is 5.57 Å². The first-order valence-corrected chi connectivity index (χ1v) is 8.15. The largest absolute Gasteiger partial charge is 0.321 e. The van der Waals surface area contributed by atoms with Crippen molar-refractivity contribution in [2.24, 2.45) is 0 Å². The van der Waals surface area contributed by atoms with Crippen molar-refractivity contribution in [1.29, 1.82) is 5.26 Å². The van der Waals surface area contributed by atoms with Gasteiger partial charge < -0.3 is 5.32 Å². The summed E-state index contributed by atoms with van der Waals surface area (Å²) in [6.45, 7) is 7.89. The van der Waals surface area contributed by atoms with Crippen molar-refractivity contribution in [2.45, 2.75) is 27.7 Å². The van der Waals surface area contributed by atoms with Crippen LogP contribution in [0.2, 0.25) is 0 Å². The predicted molar refractivity (Wildman–Crippen MR) is 104 cm³/mol. The number of nitriles is 1. The van der Waals surface area contributed by atoms with Gasteiger partial charge in [0.2, 0.25) is 0 Å². The predicted octanol–water partition coefficient (Wildman–Crippen LogP) is 5.53. The quantitative estimate of drug-likeness (QED) is 0.455. The van der Waals surface area contributed by atoms with Crippen LogP contribution in [0.15, 0.2) is 76.9 Å². The molecule has 126 valence electrons. The second-order valence-corrected chi connectivity index (χ2v) is 6.36. The zero-order valence-corrected chi connectivity index (χ0v) is 15.1. The van der Waals surface area contributed by atoms with E-state index >= 15 is 0 Å². The van der Waals surface area contributed by atoms with E-state index in [4.69, 9.17) is 0 Å². The van der Waals surface area contributed by atoms with Crippen molar-refractivity contribution in [1.82, 2.24) is 0 Å². The van der Waals surface area contributed by atoms with Gasteiger partial charge in [-0.25, -0.2) is 0 Å². The van der Waals surface area contributed by atoms with Crippen molar-refractivity contribution in [3.05, 3.63) is 76.9 Å². The van der Waals surface area contributed by atoms with E-state index in [0.717, 1.165) is 27.5 Å². The van der Waals surface area contributed by atoms with Crippen LogP contribution in [-0.2, 0) is 4.79 Å². The molecule has 0 atom stereocenters. The van der Waals surface area contributed by atoms with Gasteiger partial charge in [-0.1, -0.05) is 47.6 Å². The molecule has 0 aliphatic rings. The molecule has 0 heterocycles. The fourth-order valence-electron chi connectivity index (χ4n) is 2.41. The molecule has 0 unspecified atom stereocenters. The number of rotatable bonds is 4. The van der Waals surface area contributed by atoms with Crippen LogP contribution in [0.25, 0.3) is 10.8 Å². The second kappa shape index (κ2) is 8.12. The van der Waals surface area contributed by atoms with Crippen molar-refractivity contribution in [2.75, 3.05) is 5.32 Å². The number of amides is 1. The van der Waals surface area contributed by atoms with E-state index in [9.17, 15) is 10.1 Å². The van der Waals surface area contributed by atoms with Crippen LogP contribution in [-0.4, -0.2) is 5.91 Å². The maximum atomic E-state index is 12.5. The minimum atomic E-state index is -0.404. The van der Waals surface area contributed by atoms with Gasteiger partial charge in [0.25, 0.3) is 5.91 Å². The Kier molecular flexibility index (Phi) is 5.92. The lowest BCUT2D eigenvalue weighted by Crippen LogP contribution is -2.13. The molecule has 0 aliphatic carbocycles. The molecular weight excluding hydrogens is 308 g/mol. The van der Waals surface area contributed by atoms with Crippen molar-refractivity contribution < 1.29 is 4.79 Å². The Morgan fingerprint density at radius 1 is 1.00 bits per heavy atom. The van der Waals surface area contributed by atoms with Crippen molar-refractivity contribution >= 4 is 22.4 Å². The Morgan fingerprint density at radius 3 is 2.28 bits per heavy atom. The van der Waals surface area contributed by atoms with E-state index in [2.05, 4.69) is 5.32 Å². The fourth-order valence-corrected chi connectivity index (χ4v) is 2.41. The summed E-state index contributed by atoms with van der Waals surface area (Å²) in [6, 6.07) is 15.6. The van der Waals surface area contributed by atoms with Crippen LogP contribution in [0.4, 0.5) is 5.69 Å². The van der Waals surface area contributed by atoms with Gasteiger partial charge in [0.1, 0.15) is 11.6 Å². The molecule has 0 saturated carbocycles. The van der Waals surface area contributed by atoms with Gasteiger partial charge in [-0.3, -0.25) is 4.79 Å². The van der Waals surface area contributed by atoms with Crippen LogP contribution in [0.5, 0.6) is 0 Å². The minimum Gasteiger partial charge on any atom is -0.321 e. The van der Waals surface area contributed by atoms with Gasteiger partial charge >= 0.3 is 0 Å². The molecule has 3 heteroatoms. The zero-order valence-electron chi connectivity index (χ0n) is 15.1. The Morgan fingerprint density at radius 2 is 1.68 bits per heavy atom. The van der Waals surface area contributed by atoms with Gasteiger partial charge in [-0.15, -0.1) is 0 Å². The van der Waals surface area contributed by atoms with Crippen LogP contribution < -0.4 is 5.32 Å². The summed E-state index contributed by atoms with van der Waals surface area (Å²) in [5.41, 5.74) is 3.80. The number of allylic oxidation sites excluding steroid dienone is 5. The van der Waals surface area contributed by atoms with E-state index in [1.54, 1.807) is 6.08 Å². The highest BCUT2D eigenvalue weighted by atomic mass is 16.1. The number of carbonyl (C=O) groups excluding carboxylic acids is 1. The van der Waals surface area contributed by atoms with Gasteiger partial charge in [0.05, 0.1) is 0 Å². The first-order valence-electron chi connectivity index (χ1n) is 8.15. The number of nitrogens with one attached hydrogen (secondary N) is 1. The summed E-state index contributed by atoms with van der Waals surface area (Å²) in [4.78, 5) is 12.5. The summed E-state index contributed by atoms with van der Waals surface area (Å²) in [5.74, 6) is -0.404. The fraction of sp³-hybridized carbons (Fsp3) is 0.182. The van der Waals surface area contributed by atoms with Crippen molar-refractivity contribution in [3.8, 4) is 6.07 Å². The van der Waals surface area contributed by atoms with Crippen LogP contribution >= 0.6 is 0 Å². The summed E-state index contributed by atoms with van der Waals surface area (Å²) >= 11 is 0. The molecule has 2 rings (SSSR count). The SMILES string of the molecule is CC(C)=CC(/C=C(/C#N)C(=O)Nc1ccc2ccccc2c1)=C(C)C. The van der Waals surface area contributed by atoms with Gasteiger partial charge in [0.15, 0.2) is 0 Å². The third kappa shape index (κ3) is 4.92. The topological polar surface area (TPSA) is 52.9 Å². The van der Waals surface area contributed by atoms with E-state index < -0.39 is 5.91 Å². The summed E-state index contributed by atoms with van der Waals surface area (Å²) in [5, 5.41) is 14.3. The average molecular weight is 330 g/mol. The first kappa shape index (κ1) is 18.2. The molecule has 1 N–H and O–H groups in total. The van der Waals surface area contributed by atoms with E-state index in [1.807, 2.05) is 82.3 Å². The van der Waals surface area contributed by atoms with Crippen molar-refractivity contribution in [3.63, 3.8) is 0 Å². The molecule has 25 heavy (non-hydrogen) atoms. The lowest BCUT2D eigenvalue weighted by atomic mass is 10.0. The Hall–Kier alpha value is -3.12. The Bertz CT molecular complexity index is 932.